The lowest BCUT2D eigenvalue weighted by Crippen LogP contribution is -2.56. The molecule has 1 aliphatic rings. The van der Waals surface area contributed by atoms with Gasteiger partial charge in [-0.1, -0.05) is 23.8 Å². The third-order valence-electron chi connectivity index (χ3n) is 4.51. The van der Waals surface area contributed by atoms with Crippen LogP contribution in [-0.2, 0) is 6.54 Å². The van der Waals surface area contributed by atoms with Crippen molar-refractivity contribution in [3.63, 3.8) is 0 Å². The third-order valence-corrected chi connectivity index (χ3v) is 4.51. The molecule has 0 aliphatic heterocycles. The Labute approximate surface area is 111 Å². The van der Waals surface area contributed by atoms with Gasteiger partial charge in [0.05, 0.1) is 0 Å². The zero-order valence-electron chi connectivity index (χ0n) is 12.2. The van der Waals surface area contributed by atoms with Gasteiger partial charge in [-0.05, 0) is 58.3 Å². The lowest BCUT2D eigenvalue weighted by Gasteiger charge is -2.47. The summed E-state index contributed by atoms with van der Waals surface area (Å²) in [6.45, 7) is 6.45. The van der Waals surface area contributed by atoms with Crippen molar-refractivity contribution < 1.29 is 0 Å². The van der Waals surface area contributed by atoms with Gasteiger partial charge in [0, 0.05) is 18.6 Å². The summed E-state index contributed by atoms with van der Waals surface area (Å²) in [7, 11) is 4.41. The molecule has 1 aromatic rings. The van der Waals surface area contributed by atoms with Crippen LogP contribution in [0.3, 0.4) is 0 Å². The Morgan fingerprint density at radius 1 is 1.22 bits per heavy atom. The Kier molecular flexibility index (Phi) is 4.08. The van der Waals surface area contributed by atoms with Crippen LogP contribution < -0.4 is 5.32 Å². The molecule has 0 atom stereocenters. The maximum absolute atomic E-state index is 3.65. The van der Waals surface area contributed by atoms with Crippen molar-refractivity contribution in [2.75, 3.05) is 20.6 Å². The number of likely N-dealkylation sites (N-methyl/N-ethyl adjacent to an activating group) is 1. The molecule has 1 aliphatic carbocycles. The van der Waals surface area contributed by atoms with Crippen LogP contribution in [0.5, 0.6) is 0 Å². The summed E-state index contributed by atoms with van der Waals surface area (Å²) in [4.78, 5) is 2.40. The SMILES string of the molecule is Cc1ccc(C)c(CNCC2(N(C)C)CCC2)c1. The first-order valence-corrected chi connectivity index (χ1v) is 6.98. The first kappa shape index (κ1) is 13.6. The standard InChI is InChI=1S/C16H26N2/c1-13-6-7-14(2)15(10-13)11-17-12-16(18(3)4)8-5-9-16/h6-7,10,17H,5,8-9,11-12H2,1-4H3. The van der Waals surface area contributed by atoms with E-state index in [1.807, 2.05) is 0 Å². The molecule has 1 N–H and O–H groups in total. The topological polar surface area (TPSA) is 15.3 Å². The number of nitrogens with one attached hydrogen (secondary N) is 1. The average Bonchev–Trinajstić information content (AvgIpc) is 2.26. The number of benzene rings is 1. The molecule has 1 aromatic carbocycles. The largest absolute Gasteiger partial charge is 0.311 e. The van der Waals surface area contributed by atoms with E-state index in [1.165, 1.54) is 36.0 Å². The quantitative estimate of drug-likeness (QED) is 0.859. The minimum atomic E-state index is 0.414. The molecule has 2 heteroatoms. The minimum Gasteiger partial charge on any atom is -0.311 e. The van der Waals surface area contributed by atoms with E-state index >= 15 is 0 Å². The van der Waals surface area contributed by atoms with Gasteiger partial charge in [-0.15, -0.1) is 0 Å². The van der Waals surface area contributed by atoms with Gasteiger partial charge >= 0.3 is 0 Å². The Hall–Kier alpha value is -0.860. The summed E-state index contributed by atoms with van der Waals surface area (Å²) in [5.74, 6) is 0. The molecule has 0 aromatic heterocycles. The summed E-state index contributed by atoms with van der Waals surface area (Å²) < 4.78 is 0. The molecule has 0 saturated heterocycles. The van der Waals surface area contributed by atoms with Crippen LogP contribution in [0.1, 0.15) is 36.0 Å². The lowest BCUT2D eigenvalue weighted by atomic mass is 9.75. The second kappa shape index (κ2) is 5.41. The molecule has 18 heavy (non-hydrogen) atoms. The second-order valence-corrected chi connectivity index (χ2v) is 6.01. The first-order valence-electron chi connectivity index (χ1n) is 6.98. The van der Waals surface area contributed by atoms with E-state index in [4.69, 9.17) is 0 Å². The van der Waals surface area contributed by atoms with E-state index in [0.717, 1.165) is 13.1 Å². The molecule has 0 amide bonds. The van der Waals surface area contributed by atoms with E-state index in [9.17, 15) is 0 Å². The van der Waals surface area contributed by atoms with Gasteiger partial charge in [-0.2, -0.15) is 0 Å². The van der Waals surface area contributed by atoms with Gasteiger partial charge in [0.25, 0.3) is 0 Å². The van der Waals surface area contributed by atoms with Crippen molar-refractivity contribution in [1.82, 2.24) is 10.2 Å². The molecule has 0 heterocycles. The van der Waals surface area contributed by atoms with Crippen molar-refractivity contribution in [2.24, 2.45) is 0 Å². The number of hydrogen-bond acceptors (Lipinski definition) is 2. The molecule has 1 saturated carbocycles. The van der Waals surface area contributed by atoms with E-state index in [-0.39, 0.29) is 0 Å². The summed E-state index contributed by atoms with van der Waals surface area (Å²) in [5.41, 5.74) is 4.59. The van der Waals surface area contributed by atoms with Crippen LogP contribution in [0.2, 0.25) is 0 Å². The van der Waals surface area contributed by atoms with Crippen molar-refractivity contribution in [3.8, 4) is 0 Å². The second-order valence-electron chi connectivity index (χ2n) is 6.01. The fourth-order valence-corrected chi connectivity index (χ4v) is 2.79. The Balaban J connectivity index is 1.90. The van der Waals surface area contributed by atoms with Gasteiger partial charge in [-0.25, -0.2) is 0 Å². The monoisotopic (exact) mass is 246 g/mol. The number of aryl methyl sites for hydroxylation is 2. The molecular formula is C16H26N2. The van der Waals surface area contributed by atoms with E-state index < -0.39 is 0 Å². The molecule has 2 rings (SSSR count). The van der Waals surface area contributed by atoms with Crippen LogP contribution in [0, 0.1) is 13.8 Å². The molecular weight excluding hydrogens is 220 g/mol. The lowest BCUT2D eigenvalue weighted by molar-refractivity contribution is 0.0598. The highest BCUT2D eigenvalue weighted by Crippen LogP contribution is 2.35. The summed E-state index contributed by atoms with van der Waals surface area (Å²) in [6, 6.07) is 6.70. The fraction of sp³-hybridized carbons (Fsp3) is 0.625. The summed E-state index contributed by atoms with van der Waals surface area (Å²) >= 11 is 0. The third kappa shape index (κ3) is 2.76. The van der Waals surface area contributed by atoms with Crippen LogP contribution in [-0.4, -0.2) is 31.1 Å². The van der Waals surface area contributed by atoms with E-state index in [1.54, 1.807) is 0 Å². The Morgan fingerprint density at radius 2 is 1.94 bits per heavy atom. The smallest absolute Gasteiger partial charge is 0.0328 e. The molecule has 100 valence electrons. The van der Waals surface area contributed by atoms with Crippen molar-refractivity contribution >= 4 is 0 Å². The predicted octanol–water partition coefficient (Wildman–Crippen LogP) is 2.88. The van der Waals surface area contributed by atoms with Gasteiger partial charge in [0.2, 0.25) is 0 Å². The predicted molar refractivity (Wildman–Crippen MR) is 77.9 cm³/mol. The van der Waals surface area contributed by atoms with Gasteiger partial charge in [0.1, 0.15) is 0 Å². The van der Waals surface area contributed by atoms with Crippen LogP contribution in [0.4, 0.5) is 0 Å². The van der Waals surface area contributed by atoms with Crippen molar-refractivity contribution in [3.05, 3.63) is 34.9 Å². The Morgan fingerprint density at radius 3 is 2.50 bits per heavy atom. The molecule has 0 spiro atoms. The van der Waals surface area contributed by atoms with Crippen LogP contribution in [0.25, 0.3) is 0 Å². The molecule has 0 radical (unpaired) electrons. The van der Waals surface area contributed by atoms with Crippen LogP contribution in [0.15, 0.2) is 18.2 Å². The maximum atomic E-state index is 3.65. The summed E-state index contributed by atoms with van der Waals surface area (Å²) in [5, 5.41) is 3.65. The van der Waals surface area contributed by atoms with Gasteiger partial charge < -0.3 is 10.2 Å². The molecule has 0 unspecified atom stereocenters. The maximum Gasteiger partial charge on any atom is 0.0328 e. The highest BCUT2D eigenvalue weighted by Gasteiger charge is 2.38. The first-order chi connectivity index (χ1) is 8.53. The molecule has 0 bridgehead atoms. The zero-order valence-corrected chi connectivity index (χ0v) is 12.2. The number of nitrogens with zero attached hydrogens (tertiary/aromatic N) is 1. The van der Waals surface area contributed by atoms with Crippen molar-refractivity contribution in [2.45, 2.75) is 45.2 Å². The van der Waals surface area contributed by atoms with Crippen molar-refractivity contribution in [1.29, 1.82) is 0 Å². The highest BCUT2D eigenvalue weighted by atomic mass is 15.2. The van der Waals surface area contributed by atoms with Crippen LogP contribution >= 0.6 is 0 Å². The Bertz CT molecular complexity index is 406. The number of rotatable bonds is 5. The zero-order chi connectivity index (χ0) is 13.2. The van der Waals surface area contributed by atoms with E-state index in [0.29, 0.717) is 5.54 Å². The average molecular weight is 246 g/mol. The molecule has 1 fully saturated rings. The van der Waals surface area contributed by atoms with E-state index in [2.05, 4.69) is 56.4 Å². The van der Waals surface area contributed by atoms with Gasteiger partial charge in [0.15, 0.2) is 0 Å². The normalized spacial score (nSPS) is 17.8. The van der Waals surface area contributed by atoms with Gasteiger partial charge in [-0.3, -0.25) is 0 Å². The fourth-order valence-electron chi connectivity index (χ4n) is 2.79. The summed E-state index contributed by atoms with van der Waals surface area (Å²) in [6.07, 6.45) is 4.04. The minimum absolute atomic E-state index is 0.414. The number of hydrogen-bond donors (Lipinski definition) is 1. The highest BCUT2D eigenvalue weighted by molar-refractivity contribution is 5.30. The molecule has 2 nitrogen and oxygen atoms in total.